The average molecular weight is 1530 g/mol. The summed E-state index contributed by atoms with van der Waals surface area (Å²) in [5.41, 5.74) is 39.7. The van der Waals surface area contributed by atoms with Crippen LogP contribution >= 0.6 is 15.9 Å². The number of furan rings is 3. The first-order chi connectivity index (χ1) is 55.8. The molecule has 7 nitrogen and oxygen atoms in total. The van der Waals surface area contributed by atoms with Gasteiger partial charge < -0.3 is 33.8 Å². The molecule has 3 saturated carbocycles. The molecule has 15 aromatic carbocycles. The van der Waals surface area contributed by atoms with Gasteiger partial charge in [-0.3, -0.25) is 0 Å². The highest BCUT2D eigenvalue weighted by molar-refractivity contribution is 9.10. The molecule has 0 radical (unpaired) electrons. The summed E-state index contributed by atoms with van der Waals surface area (Å²) in [6.45, 7) is 0. The van der Waals surface area contributed by atoms with Gasteiger partial charge in [-0.2, -0.15) is 0 Å². The van der Waals surface area contributed by atoms with Crippen LogP contribution in [0.15, 0.2) is 345 Å². The van der Waals surface area contributed by atoms with E-state index in [4.69, 9.17) is 19.0 Å². The molecule has 546 valence electrons. The lowest BCUT2D eigenvalue weighted by molar-refractivity contribution is 0.550. The standard InChI is InChI=1S/C47H34N2O.C29H23NO.C17H17N.C12H7BrO/c1-2-13-31(14-3-1)49-41-19-8-5-16-36(41)38-29-32(24-26-42(38)49)48(43-20-12-22-45-46(43)37-17-6-9-21-44(37)50-45)33-23-25-35-34-15-4-7-18-39(34)47(40(35)30-33)27-10-11-28-47;1-3-10-23-20(8-1)21-15-14-19(18-24(21)29(23)16-5-6-17-29)30-25-11-7-13-27-28(25)22-9-2-4-12-26(22)31-27;18-12-7-8-14-13-5-1-2-6-15(13)17(16(14)11-12)9-3-4-10-17;13-9-5-3-7-11-12(9)8-4-1-2-6-10(8)14-11/h1-9,12-26,29-30H,10-11,27-28H2;1-4,7-15,18,30H,5-6,16-17H2;1-2,5-8,11H,3-4,9-10,18H2;1-7H. The molecule has 0 aliphatic heterocycles. The van der Waals surface area contributed by atoms with Crippen molar-refractivity contribution in [1.29, 1.82) is 0 Å². The predicted octanol–water partition coefficient (Wildman–Crippen LogP) is 29.6. The third-order valence-electron chi connectivity index (χ3n) is 26.0. The van der Waals surface area contributed by atoms with Crippen LogP contribution in [0.1, 0.15) is 110 Å². The van der Waals surface area contributed by atoms with Gasteiger partial charge >= 0.3 is 0 Å². The molecule has 0 atom stereocenters. The Balaban J connectivity index is 0.000000104. The monoisotopic (exact) mass is 1520 g/mol. The molecule has 25 rings (SSSR count). The fourth-order valence-electron chi connectivity index (χ4n) is 21.2. The maximum Gasteiger partial charge on any atom is 0.137 e. The number of nitrogens with two attached hydrogens (primary N) is 1. The second-order valence-electron chi connectivity index (χ2n) is 31.9. The molecule has 0 bridgehead atoms. The smallest absolute Gasteiger partial charge is 0.137 e. The number of hydrogen-bond acceptors (Lipinski definition) is 6. The lowest BCUT2D eigenvalue weighted by Crippen LogP contribution is -2.21. The largest absolute Gasteiger partial charge is 0.456 e. The minimum atomic E-state index is 0.0784. The summed E-state index contributed by atoms with van der Waals surface area (Å²) in [5.74, 6) is 0. The van der Waals surface area contributed by atoms with Crippen LogP contribution in [-0.4, -0.2) is 4.57 Å². The second kappa shape index (κ2) is 26.8. The molecule has 3 fully saturated rings. The van der Waals surface area contributed by atoms with Crippen molar-refractivity contribution in [2.24, 2.45) is 0 Å². The molecule has 3 N–H and O–H groups in total. The Bertz CT molecular complexity index is 6990. The first-order valence-electron chi connectivity index (χ1n) is 40.3. The van der Waals surface area contributed by atoms with Crippen LogP contribution in [0.3, 0.4) is 0 Å². The maximum atomic E-state index is 6.46. The molecule has 0 unspecified atom stereocenters. The fourth-order valence-corrected chi connectivity index (χ4v) is 21.8. The SMILES string of the molecule is Brc1cccc2oc3ccccc3c12.Nc1ccc2c(c1)C1(CCCC1)c1ccccc1-2.c1ccc(-n2c3ccccc3c3cc(N(c4ccc5c(c4)C4(CCCC4)c4ccccc4-5)c4cccc5oc6ccccc6c45)ccc32)cc1.c1ccc2c(c1)-c1ccc(Nc3cccc4oc5ccccc5c34)cc1C21CCCC1. The minimum Gasteiger partial charge on any atom is -0.456 e. The summed E-state index contributed by atoms with van der Waals surface area (Å²) in [6.07, 6.45) is 15.3. The van der Waals surface area contributed by atoms with E-state index in [1.807, 2.05) is 60.7 Å². The predicted molar refractivity (Wildman–Crippen MR) is 473 cm³/mol. The lowest BCUT2D eigenvalue weighted by Gasteiger charge is -2.30. The lowest BCUT2D eigenvalue weighted by atomic mass is 9.76. The Kier molecular flexibility index (Phi) is 16.0. The first-order valence-corrected chi connectivity index (χ1v) is 41.1. The van der Waals surface area contributed by atoms with E-state index in [0.29, 0.717) is 0 Å². The molecule has 4 aromatic heterocycles. The van der Waals surface area contributed by atoms with Gasteiger partial charge in [-0.15, -0.1) is 0 Å². The number of nitrogens with zero attached hydrogens (tertiary/aromatic N) is 2. The van der Waals surface area contributed by atoms with Crippen LogP contribution in [0.2, 0.25) is 0 Å². The Hall–Kier alpha value is -12.6. The summed E-state index contributed by atoms with van der Waals surface area (Å²) in [4.78, 5) is 2.48. The average Bonchev–Trinajstić information content (AvgIpc) is 1.57. The van der Waals surface area contributed by atoms with Crippen molar-refractivity contribution in [3.8, 4) is 39.1 Å². The number of anilines is 6. The number of para-hydroxylation sites is 5. The van der Waals surface area contributed by atoms with E-state index < -0.39 is 0 Å². The second-order valence-corrected chi connectivity index (χ2v) is 32.7. The van der Waals surface area contributed by atoms with Crippen molar-refractivity contribution in [1.82, 2.24) is 4.57 Å². The molecule has 3 spiro atoms. The maximum absolute atomic E-state index is 6.46. The first kappa shape index (κ1) is 67.3. The Morgan fingerprint density at radius 2 is 0.726 bits per heavy atom. The van der Waals surface area contributed by atoms with Gasteiger partial charge in [0.25, 0.3) is 0 Å². The van der Waals surface area contributed by atoms with Crippen LogP contribution in [0.4, 0.5) is 34.1 Å². The van der Waals surface area contributed by atoms with Crippen molar-refractivity contribution in [3.05, 3.63) is 365 Å². The minimum absolute atomic E-state index is 0.0784. The summed E-state index contributed by atoms with van der Waals surface area (Å²) < 4.78 is 21.7. The number of rotatable bonds is 6. The fraction of sp³-hybridized carbons (Fsp3) is 0.143. The van der Waals surface area contributed by atoms with E-state index in [1.54, 1.807) is 0 Å². The summed E-state index contributed by atoms with van der Waals surface area (Å²) >= 11 is 3.54. The molecule has 19 aromatic rings. The van der Waals surface area contributed by atoms with Crippen molar-refractivity contribution in [2.45, 2.75) is 93.3 Å². The van der Waals surface area contributed by atoms with Gasteiger partial charge in [-0.25, -0.2) is 0 Å². The van der Waals surface area contributed by atoms with Crippen molar-refractivity contribution >= 4 is 138 Å². The molecule has 8 heteroatoms. The van der Waals surface area contributed by atoms with Gasteiger partial charge in [0.15, 0.2) is 0 Å². The highest BCUT2D eigenvalue weighted by Crippen LogP contribution is 2.61. The number of halogens is 1. The van der Waals surface area contributed by atoms with Gasteiger partial charge in [0.2, 0.25) is 0 Å². The van der Waals surface area contributed by atoms with Gasteiger partial charge in [-0.1, -0.05) is 255 Å². The number of aromatic nitrogens is 1. The Morgan fingerprint density at radius 3 is 1.33 bits per heavy atom. The molecule has 4 heterocycles. The van der Waals surface area contributed by atoms with E-state index in [9.17, 15) is 0 Å². The molecule has 0 saturated heterocycles. The quantitative estimate of drug-likeness (QED) is 0.161. The highest BCUT2D eigenvalue weighted by atomic mass is 79.9. The zero-order valence-electron chi connectivity index (χ0n) is 62.7. The normalized spacial score (nSPS) is 15.3. The molecule has 6 aliphatic carbocycles. The Morgan fingerprint density at radius 1 is 0.310 bits per heavy atom. The van der Waals surface area contributed by atoms with Crippen molar-refractivity contribution in [3.63, 3.8) is 0 Å². The molecule has 6 aliphatic rings. The van der Waals surface area contributed by atoms with E-state index in [2.05, 4.69) is 298 Å². The van der Waals surface area contributed by atoms with Crippen LogP contribution < -0.4 is 16.0 Å². The number of benzene rings is 15. The number of fused-ring (bicyclic) bond motifs is 27. The summed E-state index contributed by atoms with van der Waals surface area (Å²) in [5, 5.41) is 13.1. The van der Waals surface area contributed by atoms with E-state index in [1.165, 1.54) is 171 Å². The van der Waals surface area contributed by atoms with Gasteiger partial charge in [0, 0.05) is 81.5 Å². The molecule has 0 amide bonds. The zero-order valence-corrected chi connectivity index (χ0v) is 64.3. The number of nitrogen functional groups attached to an aromatic ring is 1. The highest BCUT2D eigenvalue weighted by Gasteiger charge is 2.48. The van der Waals surface area contributed by atoms with Gasteiger partial charge in [0.05, 0.1) is 33.2 Å². The van der Waals surface area contributed by atoms with E-state index in [0.717, 1.165) is 104 Å². The molecule has 113 heavy (non-hydrogen) atoms. The van der Waals surface area contributed by atoms with Crippen LogP contribution in [0.25, 0.3) is 127 Å². The van der Waals surface area contributed by atoms with Crippen LogP contribution in [0.5, 0.6) is 0 Å². The van der Waals surface area contributed by atoms with Crippen molar-refractivity contribution in [2.75, 3.05) is 16.0 Å². The summed E-state index contributed by atoms with van der Waals surface area (Å²) in [6, 6.07) is 118. The molecular formula is C105H81BrN4O3. The van der Waals surface area contributed by atoms with E-state index >= 15 is 0 Å². The van der Waals surface area contributed by atoms with Crippen LogP contribution in [-0.2, 0) is 16.2 Å². The molecular weight excluding hydrogens is 1450 g/mol. The van der Waals surface area contributed by atoms with Crippen molar-refractivity contribution < 1.29 is 13.3 Å². The number of nitrogens with one attached hydrogen (secondary N) is 1. The third-order valence-corrected chi connectivity index (χ3v) is 26.7. The van der Waals surface area contributed by atoms with Gasteiger partial charge in [0.1, 0.15) is 33.5 Å². The van der Waals surface area contributed by atoms with Gasteiger partial charge in [-0.05, 0) is 233 Å². The van der Waals surface area contributed by atoms with E-state index in [-0.39, 0.29) is 16.2 Å². The summed E-state index contributed by atoms with van der Waals surface area (Å²) in [7, 11) is 0. The third kappa shape index (κ3) is 10.7. The zero-order chi connectivity index (χ0) is 74.9. The Labute approximate surface area is 664 Å². The number of hydrogen-bond donors (Lipinski definition) is 2. The van der Waals surface area contributed by atoms with Crippen LogP contribution in [0, 0.1) is 0 Å². The topological polar surface area (TPSA) is 85.6 Å².